The van der Waals surface area contributed by atoms with E-state index in [4.69, 9.17) is 16.3 Å². The number of rotatable bonds is 5. The van der Waals surface area contributed by atoms with E-state index in [2.05, 4.69) is 10.4 Å². The molecule has 0 radical (unpaired) electrons. The van der Waals surface area contributed by atoms with Crippen LogP contribution in [0.3, 0.4) is 0 Å². The SMILES string of the molecule is O[C@@H]1[C@H](O)[C@@H](CCl)O[C@H]1n1cc(-c2ccccc2)c2c1N=CN(Nc1ccc(F)cc1)C2. The topological polar surface area (TPSA) is 82.2 Å². The van der Waals surface area contributed by atoms with Crippen molar-refractivity contribution in [2.75, 3.05) is 11.3 Å². The van der Waals surface area contributed by atoms with Crippen molar-refractivity contribution >= 4 is 29.4 Å². The lowest BCUT2D eigenvalue weighted by molar-refractivity contribution is -0.0300. The van der Waals surface area contributed by atoms with Crippen LogP contribution in [0.15, 0.2) is 65.8 Å². The van der Waals surface area contributed by atoms with Crippen LogP contribution in [0.4, 0.5) is 15.9 Å². The van der Waals surface area contributed by atoms with Gasteiger partial charge in [0.25, 0.3) is 0 Å². The molecule has 1 aromatic heterocycles. The first-order chi connectivity index (χ1) is 15.5. The van der Waals surface area contributed by atoms with Crippen molar-refractivity contribution in [3.8, 4) is 11.1 Å². The number of alkyl halides is 1. The first-order valence-corrected chi connectivity index (χ1v) is 10.8. The van der Waals surface area contributed by atoms with Crippen LogP contribution in [0.5, 0.6) is 0 Å². The molecule has 9 heteroatoms. The molecule has 0 spiro atoms. The smallest absolute Gasteiger partial charge is 0.164 e. The molecule has 2 aromatic carbocycles. The number of aromatic nitrogens is 1. The molecule has 0 amide bonds. The molecule has 3 heterocycles. The van der Waals surface area contributed by atoms with E-state index in [9.17, 15) is 14.6 Å². The Morgan fingerprint density at radius 3 is 2.53 bits per heavy atom. The molecule has 2 aliphatic heterocycles. The van der Waals surface area contributed by atoms with Gasteiger partial charge in [0.15, 0.2) is 6.23 Å². The van der Waals surface area contributed by atoms with Crippen LogP contribution in [0.25, 0.3) is 11.1 Å². The summed E-state index contributed by atoms with van der Waals surface area (Å²) < 4.78 is 20.9. The van der Waals surface area contributed by atoms with E-state index in [0.717, 1.165) is 22.4 Å². The summed E-state index contributed by atoms with van der Waals surface area (Å²) >= 11 is 5.90. The van der Waals surface area contributed by atoms with Gasteiger partial charge in [0.05, 0.1) is 18.1 Å². The maximum Gasteiger partial charge on any atom is 0.164 e. The monoisotopic (exact) mass is 456 g/mol. The number of nitrogens with one attached hydrogen (secondary N) is 1. The molecular formula is C23H22ClFN4O3. The molecule has 0 aliphatic carbocycles. The Hall–Kier alpha value is -2.91. The minimum Gasteiger partial charge on any atom is -0.387 e. The number of fused-ring (bicyclic) bond motifs is 1. The number of aliphatic imine (C=N–C) groups is 1. The number of benzene rings is 2. The Balaban J connectivity index is 1.51. The van der Waals surface area contributed by atoms with Gasteiger partial charge in [0, 0.05) is 17.3 Å². The van der Waals surface area contributed by atoms with E-state index in [-0.39, 0.29) is 11.7 Å². The van der Waals surface area contributed by atoms with Crippen molar-refractivity contribution in [2.24, 2.45) is 4.99 Å². The minimum absolute atomic E-state index is 0.0718. The zero-order valence-electron chi connectivity index (χ0n) is 17.0. The number of anilines is 1. The molecular weight excluding hydrogens is 435 g/mol. The number of ether oxygens (including phenoxy) is 1. The zero-order valence-corrected chi connectivity index (χ0v) is 17.7. The first-order valence-electron chi connectivity index (χ1n) is 10.2. The Labute approximate surface area is 189 Å². The highest BCUT2D eigenvalue weighted by atomic mass is 35.5. The molecule has 0 saturated carbocycles. The lowest BCUT2D eigenvalue weighted by Gasteiger charge is -2.26. The second-order valence-electron chi connectivity index (χ2n) is 7.81. The predicted molar refractivity (Wildman–Crippen MR) is 120 cm³/mol. The van der Waals surface area contributed by atoms with Crippen LogP contribution in [0.2, 0.25) is 0 Å². The number of halogens is 2. The molecule has 4 atom stereocenters. The average molecular weight is 457 g/mol. The molecule has 166 valence electrons. The fourth-order valence-corrected chi connectivity index (χ4v) is 4.35. The summed E-state index contributed by atoms with van der Waals surface area (Å²) in [6.07, 6.45) is -0.179. The van der Waals surface area contributed by atoms with Crippen molar-refractivity contribution in [1.29, 1.82) is 0 Å². The van der Waals surface area contributed by atoms with Crippen molar-refractivity contribution in [1.82, 2.24) is 9.58 Å². The maximum atomic E-state index is 13.2. The molecule has 3 aromatic rings. The Bertz CT molecular complexity index is 1120. The van der Waals surface area contributed by atoms with Crippen LogP contribution in [0, 0.1) is 5.82 Å². The van der Waals surface area contributed by atoms with Crippen molar-refractivity contribution in [3.05, 3.63) is 72.2 Å². The number of hydrogen-bond acceptors (Lipinski definition) is 6. The van der Waals surface area contributed by atoms with Gasteiger partial charge in [-0.05, 0) is 29.8 Å². The molecule has 7 nitrogen and oxygen atoms in total. The van der Waals surface area contributed by atoms with E-state index in [1.54, 1.807) is 28.0 Å². The second-order valence-corrected chi connectivity index (χ2v) is 8.12. The number of aliphatic hydroxyl groups excluding tert-OH is 2. The second kappa shape index (κ2) is 8.55. The quantitative estimate of drug-likeness (QED) is 0.510. The van der Waals surface area contributed by atoms with Gasteiger partial charge in [-0.15, -0.1) is 11.6 Å². The summed E-state index contributed by atoms with van der Waals surface area (Å²) in [7, 11) is 0. The van der Waals surface area contributed by atoms with Gasteiger partial charge in [0.1, 0.15) is 36.3 Å². The molecule has 0 bridgehead atoms. The Kier molecular flexibility index (Phi) is 5.60. The summed E-state index contributed by atoms with van der Waals surface area (Å²) in [6.45, 7) is 0.470. The van der Waals surface area contributed by atoms with Gasteiger partial charge in [-0.2, -0.15) is 0 Å². The molecule has 0 unspecified atom stereocenters. The van der Waals surface area contributed by atoms with Crippen LogP contribution in [-0.2, 0) is 11.3 Å². The third-order valence-electron chi connectivity index (χ3n) is 5.72. The standard InChI is InChI=1S/C23H22ClFN4O3/c24-10-19-20(30)21(31)23(32-19)29-12-17(14-4-2-1-3-5-14)18-11-28(13-26-22(18)29)27-16-8-6-15(25)7-9-16/h1-9,12-13,19-21,23,27,30-31H,10-11H2/t19-,20-,21-,23-/m1/s1. The number of nitrogens with zero attached hydrogens (tertiary/aromatic N) is 3. The highest BCUT2D eigenvalue weighted by Crippen LogP contribution is 2.41. The molecule has 5 rings (SSSR count). The average Bonchev–Trinajstić information content (AvgIpc) is 3.33. The van der Waals surface area contributed by atoms with E-state index in [0.29, 0.717) is 12.4 Å². The summed E-state index contributed by atoms with van der Waals surface area (Å²) in [5.74, 6) is 0.399. The van der Waals surface area contributed by atoms with Gasteiger partial charge < -0.3 is 19.5 Å². The highest BCUT2D eigenvalue weighted by molar-refractivity contribution is 6.18. The minimum atomic E-state index is -1.13. The van der Waals surface area contributed by atoms with E-state index in [1.165, 1.54) is 12.1 Å². The molecule has 3 N–H and O–H groups in total. The van der Waals surface area contributed by atoms with E-state index in [1.807, 2.05) is 36.5 Å². The number of hydrogen-bond donors (Lipinski definition) is 3. The van der Waals surface area contributed by atoms with Crippen molar-refractivity contribution in [3.63, 3.8) is 0 Å². The summed E-state index contributed by atoms with van der Waals surface area (Å²) in [4.78, 5) is 4.61. The highest BCUT2D eigenvalue weighted by Gasteiger charge is 2.44. The molecule has 1 saturated heterocycles. The van der Waals surface area contributed by atoms with Crippen molar-refractivity contribution in [2.45, 2.75) is 31.1 Å². The fraction of sp³-hybridized carbons (Fsp3) is 0.261. The lowest BCUT2D eigenvalue weighted by Crippen LogP contribution is -2.32. The fourth-order valence-electron chi connectivity index (χ4n) is 4.10. The molecule has 1 fully saturated rings. The summed E-state index contributed by atoms with van der Waals surface area (Å²) in [5.41, 5.74) is 6.78. The van der Waals surface area contributed by atoms with Gasteiger partial charge in [-0.3, -0.25) is 10.4 Å². The summed E-state index contributed by atoms with van der Waals surface area (Å²) in [5, 5.41) is 22.7. The van der Waals surface area contributed by atoms with Crippen LogP contribution in [-0.4, -0.2) is 50.3 Å². The zero-order chi connectivity index (χ0) is 22.2. The summed E-state index contributed by atoms with van der Waals surface area (Å²) in [6, 6.07) is 15.9. The first kappa shape index (κ1) is 21.0. The van der Waals surface area contributed by atoms with Crippen LogP contribution in [0.1, 0.15) is 11.8 Å². The molecule has 32 heavy (non-hydrogen) atoms. The normalized spacial score (nSPS) is 24.6. The largest absolute Gasteiger partial charge is 0.387 e. The van der Waals surface area contributed by atoms with Crippen LogP contribution < -0.4 is 5.43 Å². The third kappa shape index (κ3) is 3.75. The van der Waals surface area contributed by atoms with Crippen LogP contribution >= 0.6 is 11.6 Å². The predicted octanol–water partition coefficient (Wildman–Crippen LogP) is 3.65. The van der Waals surface area contributed by atoms with Gasteiger partial charge in [-0.25, -0.2) is 9.38 Å². The van der Waals surface area contributed by atoms with Crippen molar-refractivity contribution < 1.29 is 19.3 Å². The van der Waals surface area contributed by atoms with Gasteiger partial charge in [-0.1, -0.05) is 30.3 Å². The Morgan fingerprint density at radius 2 is 1.84 bits per heavy atom. The van der Waals surface area contributed by atoms with Gasteiger partial charge in [0.2, 0.25) is 0 Å². The number of aliphatic hydroxyl groups is 2. The lowest BCUT2D eigenvalue weighted by atomic mass is 10.0. The maximum absolute atomic E-state index is 13.2. The molecule has 2 aliphatic rings. The van der Waals surface area contributed by atoms with E-state index >= 15 is 0 Å². The number of hydrazine groups is 1. The Morgan fingerprint density at radius 1 is 1.09 bits per heavy atom. The van der Waals surface area contributed by atoms with E-state index < -0.39 is 24.5 Å². The third-order valence-corrected chi connectivity index (χ3v) is 6.02. The van der Waals surface area contributed by atoms with Gasteiger partial charge >= 0.3 is 0 Å².